The van der Waals surface area contributed by atoms with Crippen LogP contribution in [0.2, 0.25) is 0 Å². The van der Waals surface area contributed by atoms with Gasteiger partial charge < -0.3 is 16.0 Å². The molecule has 1 fully saturated rings. The monoisotopic (exact) mass is 349 g/mol. The fraction of sp³-hybridized carbons (Fsp3) is 0.368. The molecule has 7 heteroatoms. The molecule has 0 aliphatic carbocycles. The molecule has 3 N–H and O–H groups in total. The zero-order valence-corrected chi connectivity index (χ0v) is 14.7. The van der Waals surface area contributed by atoms with Gasteiger partial charge in [-0.2, -0.15) is 0 Å². The number of fused-ring (bicyclic) bond motifs is 1. The van der Waals surface area contributed by atoms with E-state index < -0.39 is 0 Å². The van der Waals surface area contributed by atoms with Gasteiger partial charge in [0.2, 0.25) is 0 Å². The van der Waals surface area contributed by atoms with E-state index in [9.17, 15) is 0 Å². The van der Waals surface area contributed by atoms with Gasteiger partial charge in [0.15, 0.2) is 5.65 Å². The lowest BCUT2D eigenvalue weighted by molar-refractivity contribution is 0.726. The first kappa shape index (κ1) is 16.5. The SMILES string of the molecule is Nc1ccc2c(NCc3ccc(N4CCCCCC4)nc3)ncnc2n1. The average molecular weight is 349 g/mol. The molecule has 3 aromatic rings. The molecule has 0 unspecified atom stereocenters. The van der Waals surface area contributed by atoms with Gasteiger partial charge >= 0.3 is 0 Å². The quantitative estimate of drug-likeness (QED) is 0.748. The summed E-state index contributed by atoms with van der Waals surface area (Å²) in [6.45, 7) is 2.85. The third-order valence-electron chi connectivity index (χ3n) is 4.72. The van der Waals surface area contributed by atoms with Gasteiger partial charge in [-0.25, -0.2) is 19.9 Å². The highest BCUT2D eigenvalue weighted by atomic mass is 15.2. The van der Waals surface area contributed by atoms with Gasteiger partial charge in [0, 0.05) is 25.8 Å². The molecule has 0 aromatic carbocycles. The molecule has 4 heterocycles. The van der Waals surface area contributed by atoms with Crippen LogP contribution in [-0.4, -0.2) is 33.0 Å². The molecule has 0 bridgehead atoms. The van der Waals surface area contributed by atoms with Crippen LogP contribution in [0.15, 0.2) is 36.8 Å². The third kappa shape index (κ3) is 3.66. The molecule has 1 aliphatic rings. The first-order valence-corrected chi connectivity index (χ1v) is 9.10. The number of aromatic nitrogens is 4. The summed E-state index contributed by atoms with van der Waals surface area (Å²) in [5, 5.41) is 4.20. The molecular weight excluding hydrogens is 326 g/mol. The Labute approximate surface area is 152 Å². The Bertz CT molecular complexity index is 871. The minimum atomic E-state index is 0.454. The molecule has 3 aromatic heterocycles. The molecule has 0 amide bonds. The topological polar surface area (TPSA) is 92.8 Å². The van der Waals surface area contributed by atoms with E-state index in [0.29, 0.717) is 18.0 Å². The predicted molar refractivity (Wildman–Crippen MR) is 104 cm³/mol. The van der Waals surface area contributed by atoms with Crippen molar-refractivity contribution in [1.82, 2.24) is 19.9 Å². The minimum absolute atomic E-state index is 0.454. The van der Waals surface area contributed by atoms with E-state index >= 15 is 0 Å². The first-order valence-electron chi connectivity index (χ1n) is 9.10. The molecule has 26 heavy (non-hydrogen) atoms. The number of nitrogens with two attached hydrogens (primary N) is 1. The number of hydrogen-bond donors (Lipinski definition) is 2. The van der Waals surface area contributed by atoms with Crippen LogP contribution in [-0.2, 0) is 6.54 Å². The highest BCUT2D eigenvalue weighted by Crippen LogP contribution is 2.20. The number of nitrogens with one attached hydrogen (secondary N) is 1. The number of anilines is 3. The van der Waals surface area contributed by atoms with Crippen molar-refractivity contribution in [2.75, 3.05) is 29.0 Å². The maximum Gasteiger partial charge on any atom is 0.166 e. The molecule has 0 radical (unpaired) electrons. The molecule has 1 aliphatic heterocycles. The Morgan fingerprint density at radius 3 is 2.58 bits per heavy atom. The summed E-state index contributed by atoms with van der Waals surface area (Å²) >= 11 is 0. The van der Waals surface area contributed by atoms with E-state index in [4.69, 9.17) is 5.73 Å². The van der Waals surface area contributed by atoms with Crippen molar-refractivity contribution in [3.63, 3.8) is 0 Å². The Morgan fingerprint density at radius 1 is 0.962 bits per heavy atom. The van der Waals surface area contributed by atoms with Crippen LogP contribution in [0, 0.1) is 0 Å². The van der Waals surface area contributed by atoms with E-state index in [0.717, 1.165) is 35.7 Å². The molecule has 7 nitrogen and oxygen atoms in total. The third-order valence-corrected chi connectivity index (χ3v) is 4.72. The fourth-order valence-electron chi connectivity index (χ4n) is 3.29. The van der Waals surface area contributed by atoms with Gasteiger partial charge in [0.05, 0.1) is 5.39 Å². The Morgan fingerprint density at radius 2 is 1.81 bits per heavy atom. The molecular formula is C19H23N7. The van der Waals surface area contributed by atoms with E-state index in [1.54, 1.807) is 6.07 Å². The van der Waals surface area contributed by atoms with Crippen molar-refractivity contribution < 1.29 is 0 Å². The lowest BCUT2D eigenvalue weighted by Gasteiger charge is -2.21. The van der Waals surface area contributed by atoms with Gasteiger partial charge in [0.1, 0.15) is 23.8 Å². The molecule has 4 rings (SSSR count). The number of pyridine rings is 2. The lowest BCUT2D eigenvalue weighted by Crippen LogP contribution is -2.24. The van der Waals surface area contributed by atoms with Crippen molar-refractivity contribution >= 4 is 28.5 Å². The van der Waals surface area contributed by atoms with Crippen LogP contribution in [0.3, 0.4) is 0 Å². The Balaban J connectivity index is 1.45. The summed E-state index contributed by atoms with van der Waals surface area (Å²) < 4.78 is 0. The summed E-state index contributed by atoms with van der Waals surface area (Å²) in [5.74, 6) is 2.28. The van der Waals surface area contributed by atoms with Crippen molar-refractivity contribution in [3.8, 4) is 0 Å². The second-order valence-electron chi connectivity index (χ2n) is 6.61. The maximum absolute atomic E-state index is 5.72. The summed E-state index contributed by atoms with van der Waals surface area (Å²) in [7, 11) is 0. The smallest absolute Gasteiger partial charge is 0.166 e. The molecule has 0 saturated carbocycles. The first-order chi connectivity index (χ1) is 12.8. The number of hydrogen-bond acceptors (Lipinski definition) is 7. The normalized spacial score (nSPS) is 15.0. The van der Waals surface area contributed by atoms with E-state index in [2.05, 4.69) is 42.3 Å². The van der Waals surface area contributed by atoms with Crippen LogP contribution in [0.5, 0.6) is 0 Å². The highest BCUT2D eigenvalue weighted by molar-refractivity contribution is 5.87. The number of rotatable bonds is 4. The van der Waals surface area contributed by atoms with Gasteiger partial charge in [-0.05, 0) is 36.6 Å². The maximum atomic E-state index is 5.72. The van der Waals surface area contributed by atoms with Crippen molar-refractivity contribution in [2.24, 2.45) is 0 Å². The zero-order valence-electron chi connectivity index (χ0n) is 14.7. The molecule has 134 valence electrons. The van der Waals surface area contributed by atoms with Crippen LogP contribution in [0.4, 0.5) is 17.5 Å². The largest absolute Gasteiger partial charge is 0.384 e. The van der Waals surface area contributed by atoms with Crippen LogP contribution >= 0.6 is 0 Å². The van der Waals surface area contributed by atoms with Crippen LogP contribution in [0.1, 0.15) is 31.2 Å². The van der Waals surface area contributed by atoms with Gasteiger partial charge in [0.25, 0.3) is 0 Å². The lowest BCUT2D eigenvalue weighted by atomic mass is 10.2. The summed E-state index contributed by atoms with van der Waals surface area (Å²) in [5.41, 5.74) is 7.42. The summed E-state index contributed by atoms with van der Waals surface area (Å²) in [6, 6.07) is 7.89. The Hall–Kier alpha value is -2.96. The van der Waals surface area contributed by atoms with Crippen molar-refractivity contribution in [3.05, 3.63) is 42.4 Å². The molecule has 1 saturated heterocycles. The summed E-state index contributed by atoms with van der Waals surface area (Å²) in [4.78, 5) is 19.8. The van der Waals surface area contributed by atoms with Crippen LogP contribution in [0.25, 0.3) is 11.0 Å². The number of nitrogen functional groups attached to an aromatic ring is 1. The van der Waals surface area contributed by atoms with E-state index in [1.807, 2.05) is 12.3 Å². The highest BCUT2D eigenvalue weighted by Gasteiger charge is 2.11. The minimum Gasteiger partial charge on any atom is -0.384 e. The molecule has 0 atom stereocenters. The van der Waals surface area contributed by atoms with Crippen molar-refractivity contribution in [1.29, 1.82) is 0 Å². The van der Waals surface area contributed by atoms with Gasteiger partial charge in [-0.15, -0.1) is 0 Å². The summed E-state index contributed by atoms with van der Waals surface area (Å²) in [6.07, 6.45) is 8.59. The molecule has 0 spiro atoms. The van der Waals surface area contributed by atoms with Gasteiger partial charge in [-0.1, -0.05) is 18.9 Å². The van der Waals surface area contributed by atoms with Crippen molar-refractivity contribution in [2.45, 2.75) is 32.2 Å². The average Bonchev–Trinajstić information content (AvgIpc) is 2.96. The van der Waals surface area contributed by atoms with Crippen LogP contribution < -0.4 is 16.0 Å². The second-order valence-corrected chi connectivity index (χ2v) is 6.61. The second kappa shape index (κ2) is 7.51. The van der Waals surface area contributed by atoms with Gasteiger partial charge in [-0.3, -0.25) is 0 Å². The van der Waals surface area contributed by atoms with E-state index in [1.165, 1.54) is 32.0 Å². The number of nitrogens with zero attached hydrogens (tertiary/aromatic N) is 5. The van der Waals surface area contributed by atoms with E-state index in [-0.39, 0.29) is 0 Å². The zero-order chi connectivity index (χ0) is 17.8. The Kier molecular flexibility index (Phi) is 4.77. The standard InChI is InChI=1S/C19H23N7/c20-16-7-6-15-18(23-13-24-19(15)25-16)22-12-14-5-8-17(21-11-14)26-9-3-1-2-4-10-26/h5-8,11,13H,1-4,9-10,12H2,(H3,20,22,23,24,25). The fourth-order valence-corrected chi connectivity index (χ4v) is 3.29. The predicted octanol–water partition coefficient (Wildman–Crippen LogP) is 2.99.